The average Bonchev–Trinajstić information content (AvgIpc) is 2.91. The molecule has 3 nitrogen and oxygen atoms in total. The Morgan fingerprint density at radius 3 is 2.86 bits per heavy atom. The van der Waals surface area contributed by atoms with E-state index >= 15 is 0 Å². The number of hydrogen-bond acceptors (Lipinski definition) is 3. The van der Waals surface area contributed by atoms with Crippen LogP contribution in [0.4, 0.5) is 0 Å². The molecular formula is C18H28O3. The molecule has 0 bridgehead atoms. The molecule has 1 unspecified atom stereocenters. The van der Waals surface area contributed by atoms with Gasteiger partial charge < -0.3 is 9.84 Å². The lowest BCUT2D eigenvalue weighted by molar-refractivity contribution is -0.139. The van der Waals surface area contributed by atoms with Gasteiger partial charge in [-0.05, 0) is 55.3 Å². The van der Waals surface area contributed by atoms with Crippen molar-refractivity contribution < 1.29 is 14.6 Å². The van der Waals surface area contributed by atoms with E-state index in [1.54, 1.807) is 0 Å². The van der Waals surface area contributed by atoms with Crippen molar-refractivity contribution in [2.45, 2.75) is 71.0 Å². The van der Waals surface area contributed by atoms with Crippen LogP contribution in [0.1, 0.15) is 58.8 Å². The number of esters is 1. The van der Waals surface area contributed by atoms with Gasteiger partial charge in [-0.15, -0.1) is 0 Å². The van der Waals surface area contributed by atoms with Crippen molar-refractivity contribution in [2.75, 3.05) is 0 Å². The Bertz CT molecular complexity index is 428. The third-order valence-corrected chi connectivity index (χ3v) is 6.52. The van der Waals surface area contributed by atoms with Crippen LogP contribution < -0.4 is 0 Å². The van der Waals surface area contributed by atoms with Crippen molar-refractivity contribution in [3.63, 3.8) is 0 Å². The number of carbonyl (C=O) groups excluding carboxylic acids is 1. The standard InChI is InChI=1S/C18H28O3/c1-11(9-13-10-12(2)17(20)21-13)14-6-7-15-16(19)5-4-8-18(14,15)3/h11,13-16,19H,2,4-10H2,1,3H3/t11-,13+,14-,15?,16+,18-/m1/s1. The summed E-state index contributed by atoms with van der Waals surface area (Å²) >= 11 is 0. The lowest BCUT2D eigenvalue weighted by atomic mass is 9.61. The van der Waals surface area contributed by atoms with Crippen LogP contribution in [0.25, 0.3) is 0 Å². The zero-order valence-electron chi connectivity index (χ0n) is 13.3. The summed E-state index contributed by atoms with van der Waals surface area (Å²) in [5.74, 6) is 1.44. The first-order valence-corrected chi connectivity index (χ1v) is 8.48. The molecule has 1 heterocycles. The monoisotopic (exact) mass is 292 g/mol. The smallest absolute Gasteiger partial charge is 0.333 e. The molecule has 118 valence electrons. The minimum absolute atomic E-state index is 0.0242. The highest BCUT2D eigenvalue weighted by Gasteiger charge is 2.52. The maximum absolute atomic E-state index is 11.5. The van der Waals surface area contributed by atoms with E-state index in [-0.39, 0.29) is 23.6 Å². The number of ether oxygens (including phenoxy) is 1. The Labute approximate surface area is 127 Å². The summed E-state index contributed by atoms with van der Waals surface area (Å²) in [4.78, 5) is 11.5. The van der Waals surface area contributed by atoms with E-state index in [2.05, 4.69) is 20.4 Å². The number of rotatable bonds is 3. The molecular weight excluding hydrogens is 264 g/mol. The van der Waals surface area contributed by atoms with Crippen LogP contribution in [0.3, 0.4) is 0 Å². The van der Waals surface area contributed by atoms with Crippen LogP contribution in [-0.2, 0) is 9.53 Å². The molecule has 1 aliphatic heterocycles. The lowest BCUT2D eigenvalue weighted by Gasteiger charge is -2.45. The molecule has 21 heavy (non-hydrogen) atoms. The summed E-state index contributed by atoms with van der Waals surface area (Å²) in [6.45, 7) is 8.45. The van der Waals surface area contributed by atoms with Gasteiger partial charge in [-0.2, -0.15) is 0 Å². The van der Waals surface area contributed by atoms with Crippen molar-refractivity contribution in [1.29, 1.82) is 0 Å². The second kappa shape index (κ2) is 5.42. The lowest BCUT2D eigenvalue weighted by Crippen LogP contribution is -2.41. The largest absolute Gasteiger partial charge is 0.459 e. The van der Waals surface area contributed by atoms with Gasteiger partial charge in [0, 0.05) is 12.0 Å². The molecule has 3 heteroatoms. The van der Waals surface area contributed by atoms with Gasteiger partial charge in [-0.3, -0.25) is 0 Å². The Balaban J connectivity index is 1.66. The quantitative estimate of drug-likeness (QED) is 0.640. The third-order valence-electron chi connectivity index (χ3n) is 6.52. The number of fused-ring (bicyclic) bond motifs is 1. The third kappa shape index (κ3) is 2.54. The van der Waals surface area contributed by atoms with Crippen molar-refractivity contribution in [3.05, 3.63) is 12.2 Å². The number of carbonyl (C=O) groups is 1. The van der Waals surface area contributed by atoms with E-state index in [9.17, 15) is 9.90 Å². The first kappa shape index (κ1) is 15.1. The zero-order valence-corrected chi connectivity index (χ0v) is 13.3. The van der Waals surface area contributed by atoms with Gasteiger partial charge >= 0.3 is 5.97 Å². The van der Waals surface area contributed by atoms with Gasteiger partial charge in [-0.25, -0.2) is 4.79 Å². The van der Waals surface area contributed by atoms with E-state index in [4.69, 9.17) is 4.74 Å². The van der Waals surface area contributed by atoms with E-state index < -0.39 is 0 Å². The molecule has 3 aliphatic rings. The highest BCUT2D eigenvalue weighted by molar-refractivity contribution is 5.89. The Morgan fingerprint density at radius 2 is 2.19 bits per heavy atom. The molecule has 2 saturated carbocycles. The summed E-state index contributed by atoms with van der Waals surface area (Å²) in [6, 6.07) is 0. The molecule has 0 aromatic heterocycles. The van der Waals surface area contributed by atoms with Gasteiger partial charge in [0.05, 0.1) is 6.10 Å². The Kier molecular flexibility index (Phi) is 3.89. The van der Waals surface area contributed by atoms with Crippen LogP contribution in [0, 0.1) is 23.2 Å². The van der Waals surface area contributed by atoms with Crippen molar-refractivity contribution in [2.24, 2.45) is 23.2 Å². The molecule has 1 N–H and O–H groups in total. The summed E-state index contributed by atoms with van der Waals surface area (Å²) in [5, 5.41) is 10.3. The molecule has 3 fully saturated rings. The second-order valence-electron chi connectivity index (χ2n) is 7.80. The van der Waals surface area contributed by atoms with E-state index in [0.29, 0.717) is 29.7 Å². The first-order chi connectivity index (χ1) is 9.91. The summed E-state index contributed by atoms with van der Waals surface area (Å²) in [6.07, 6.45) is 7.27. The van der Waals surface area contributed by atoms with Gasteiger partial charge in [0.15, 0.2) is 0 Å². The fourth-order valence-electron chi connectivity index (χ4n) is 5.47. The number of aliphatic hydroxyl groups excluding tert-OH is 1. The SMILES string of the molecule is C=C1C[C@H](C[C@@H](C)[C@H]2CCC3[C@@H](O)CCC[C@@]32C)OC1=O. The molecule has 6 atom stereocenters. The highest BCUT2D eigenvalue weighted by Crippen LogP contribution is 2.58. The maximum atomic E-state index is 11.5. The van der Waals surface area contributed by atoms with Crippen molar-refractivity contribution >= 4 is 5.97 Å². The number of cyclic esters (lactones) is 1. The molecule has 0 spiro atoms. The van der Waals surface area contributed by atoms with Crippen LogP contribution in [-0.4, -0.2) is 23.3 Å². The molecule has 0 radical (unpaired) electrons. The molecule has 3 rings (SSSR count). The fourth-order valence-corrected chi connectivity index (χ4v) is 5.47. The summed E-state index contributed by atoms with van der Waals surface area (Å²) in [7, 11) is 0. The van der Waals surface area contributed by atoms with E-state index in [1.165, 1.54) is 12.8 Å². The topological polar surface area (TPSA) is 46.5 Å². The fraction of sp³-hybridized carbons (Fsp3) is 0.833. The Hall–Kier alpha value is -0.830. The Morgan fingerprint density at radius 1 is 1.43 bits per heavy atom. The normalized spacial score (nSPS) is 44.5. The minimum Gasteiger partial charge on any atom is -0.459 e. The van der Waals surface area contributed by atoms with Gasteiger partial charge in [0.2, 0.25) is 0 Å². The molecule has 0 aromatic carbocycles. The summed E-state index contributed by atoms with van der Waals surface area (Å²) < 4.78 is 5.41. The van der Waals surface area contributed by atoms with Crippen LogP contribution in [0.15, 0.2) is 12.2 Å². The van der Waals surface area contributed by atoms with Crippen LogP contribution in [0.5, 0.6) is 0 Å². The van der Waals surface area contributed by atoms with Crippen LogP contribution >= 0.6 is 0 Å². The zero-order chi connectivity index (χ0) is 15.2. The summed E-state index contributed by atoms with van der Waals surface area (Å²) in [5.41, 5.74) is 0.896. The maximum Gasteiger partial charge on any atom is 0.333 e. The minimum atomic E-state index is -0.212. The molecule has 0 amide bonds. The predicted octanol–water partition coefficient (Wildman–Crippen LogP) is 3.46. The highest BCUT2D eigenvalue weighted by atomic mass is 16.5. The predicted molar refractivity (Wildman–Crippen MR) is 81.6 cm³/mol. The molecule has 1 saturated heterocycles. The van der Waals surface area contributed by atoms with Crippen LogP contribution in [0.2, 0.25) is 0 Å². The molecule has 2 aliphatic carbocycles. The van der Waals surface area contributed by atoms with E-state index in [0.717, 1.165) is 25.7 Å². The molecule has 0 aromatic rings. The number of aliphatic hydroxyl groups is 1. The van der Waals surface area contributed by atoms with Crippen molar-refractivity contribution in [3.8, 4) is 0 Å². The van der Waals surface area contributed by atoms with Gasteiger partial charge in [0.25, 0.3) is 0 Å². The van der Waals surface area contributed by atoms with Gasteiger partial charge in [-0.1, -0.05) is 26.8 Å². The average molecular weight is 292 g/mol. The van der Waals surface area contributed by atoms with Gasteiger partial charge in [0.1, 0.15) is 6.10 Å². The first-order valence-electron chi connectivity index (χ1n) is 8.48. The van der Waals surface area contributed by atoms with Crippen molar-refractivity contribution in [1.82, 2.24) is 0 Å². The number of hydrogen-bond donors (Lipinski definition) is 1. The second-order valence-corrected chi connectivity index (χ2v) is 7.80. The van der Waals surface area contributed by atoms with E-state index in [1.807, 2.05) is 0 Å².